The van der Waals surface area contributed by atoms with Crippen molar-refractivity contribution in [2.75, 3.05) is 6.61 Å². The van der Waals surface area contributed by atoms with Gasteiger partial charge in [0.1, 0.15) is 0 Å². The van der Waals surface area contributed by atoms with Crippen molar-refractivity contribution >= 4 is 33.4 Å². The number of carbonyl (C=O) groups is 2. The molecule has 3 rings (SSSR count). The Morgan fingerprint density at radius 2 is 2.00 bits per heavy atom. The summed E-state index contributed by atoms with van der Waals surface area (Å²) in [5.41, 5.74) is 0.956. The number of benzene rings is 1. The third-order valence-corrected chi connectivity index (χ3v) is 5.31. The Balaban J connectivity index is 1.38. The van der Waals surface area contributed by atoms with Crippen molar-refractivity contribution in [2.45, 2.75) is 51.0 Å². The zero-order valence-electron chi connectivity index (χ0n) is 13.6. The van der Waals surface area contributed by atoms with E-state index >= 15 is 0 Å². The van der Waals surface area contributed by atoms with Gasteiger partial charge in [-0.05, 0) is 25.0 Å². The van der Waals surface area contributed by atoms with E-state index in [1.54, 1.807) is 11.3 Å². The second-order valence-corrected chi connectivity index (χ2v) is 7.25. The lowest BCUT2D eigenvalue weighted by atomic mass is 9.95. The summed E-state index contributed by atoms with van der Waals surface area (Å²) in [7, 11) is 0. The smallest absolute Gasteiger partial charge is 0.306 e. The molecule has 2 aromatic rings. The minimum absolute atomic E-state index is 0.185. The van der Waals surface area contributed by atoms with Crippen molar-refractivity contribution in [3.05, 3.63) is 29.3 Å². The summed E-state index contributed by atoms with van der Waals surface area (Å²) in [5, 5.41) is 3.86. The lowest BCUT2D eigenvalue weighted by molar-refractivity contribution is -0.148. The van der Waals surface area contributed by atoms with Crippen LogP contribution in [0.5, 0.6) is 0 Å². The van der Waals surface area contributed by atoms with E-state index < -0.39 is 0 Å². The topological polar surface area (TPSA) is 68.3 Å². The molecule has 1 aliphatic rings. The van der Waals surface area contributed by atoms with E-state index in [-0.39, 0.29) is 30.9 Å². The fourth-order valence-corrected chi connectivity index (χ4v) is 3.94. The SMILES string of the molecule is O=C(COC(=O)CCc1nc2ccccc2s1)NC1CCCCC1. The highest BCUT2D eigenvalue weighted by atomic mass is 32.1. The Morgan fingerprint density at radius 1 is 1.21 bits per heavy atom. The van der Waals surface area contributed by atoms with Gasteiger partial charge >= 0.3 is 5.97 Å². The lowest BCUT2D eigenvalue weighted by Crippen LogP contribution is -2.38. The zero-order chi connectivity index (χ0) is 16.8. The van der Waals surface area contributed by atoms with Crippen LogP contribution in [-0.4, -0.2) is 29.5 Å². The molecule has 0 radical (unpaired) electrons. The van der Waals surface area contributed by atoms with Gasteiger partial charge in [-0.1, -0.05) is 31.4 Å². The van der Waals surface area contributed by atoms with Crippen LogP contribution in [0.4, 0.5) is 0 Å². The van der Waals surface area contributed by atoms with Gasteiger partial charge in [0.2, 0.25) is 0 Å². The summed E-state index contributed by atoms with van der Waals surface area (Å²) in [5.74, 6) is -0.553. The average molecular weight is 346 g/mol. The van der Waals surface area contributed by atoms with Crippen LogP contribution in [0.2, 0.25) is 0 Å². The van der Waals surface area contributed by atoms with Crippen molar-refractivity contribution < 1.29 is 14.3 Å². The van der Waals surface area contributed by atoms with Crippen LogP contribution in [-0.2, 0) is 20.7 Å². The van der Waals surface area contributed by atoms with Gasteiger partial charge in [-0.3, -0.25) is 9.59 Å². The highest BCUT2D eigenvalue weighted by Crippen LogP contribution is 2.22. The highest BCUT2D eigenvalue weighted by molar-refractivity contribution is 7.18. The van der Waals surface area contributed by atoms with Gasteiger partial charge in [0.25, 0.3) is 5.91 Å². The molecule has 1 fully saturated rings. The number of ether oxygens (including phenoxy) is 1. The van der Waals surface area contributed by atoms with E-state index in [0.29, 0.717) is 6.42 Å². The lowest BCUT2D eigenvalue weighted by Gasteiger charge is -2.22. The Labute approximate surface area is 145 Å². The maximum Gasteiger partial charge on any atom is 0.306 e. The number of thiazole rings is 1. The monoisotopic (exact) mass is 346 g/mol. The number of fused-ring (bicyclic) bond motifs is 1. The van der Waals surface area contributed by atoms with Crippen molar-refractivity contribution in [1.29, 1.82) is 0 Å². The largest absolute Gasteiger partial charge is 0.456 e. The predicted molar refractivity (Wildman–Crippen MR) is 93.9 cm³/mol. The molecule has 24 heavy (non-hydrogen) atoms. The molecule has 1 saturated carbocycles. The number of hydrogen-bond acceptors (Lipinski definition) is 5. The first kappa shape index (κ1) is 16.9. The van der Waals surface area contributed by atoms with Gasteiger partial charge in [-0.2, -0.15) is 0 Å². The van der Waals surface area contributed by atoms with Crippen LogP contribution >= 0.6 is 11.3 Å². The minimum Gasteiger partial charge on any atom is -0.456 e. The van der Waals surface area contributed by atoms with Gasteiger partial charge in [-0.25, -0.2) is 4.98 Å². The third kappa shape index (κ3) is 4.77. The second-order valence-electron chi connectivity index (χ2n) is 6.14. The van der Waals surface area contributed by atoms with E-state index in [4.69, 9.17) is 4.74 Å². The van der Waals surface area contributed by atoms with Crippen molar-refractivity contribution in [3.8, 4) is 0 Å². The number of nitrogens with zero attached hydrogens (tertiary/aromatic N) is 1. The summed E-state index contributed by atoms with van der Waals surface area (Å²) in [6.07, 6.45) is 6.40. The van der Waals surface area contributed by atoms with Crippen LogP contribution in [0.25, 0.3) is 10.2 Å². The average Bonchev–Trinajstić information content (AvgIpc) is 3.02. The number of amides is 1. The Kier molecular flexibility index (Phi) is 5.80. The Bertz CT molecular complexity index is 674. The number of aryl methyl sites for hydroxylation is 1. The van der Waals surface area contributed by atoms with E-state index in [0.717, 1.165) is 40.9 Å². The van der Waals surface area contributed by atoms with Gasteiger partial charge in [-0.15, -0.1) is 11.3 Å². The number of hydrogen-bond donors (Lipinski definition) is 1. The normalized spacial score (nSPS) is 15.3. The molecule has 1 heterocycles. The molecule has 0 spiro atoms. The van der Waals surface area contributed by atoms with E-state index in [1.807, 2.05) is 24.3 Å². The fourth-order valence-electron chi connectivity index (χ4n) is 2.97. The summed E-state index contributed by atoms with van der Waals surface area (Å²) < 4.78 is 6.19. The molecule has 1 N–H and O–H groups in total. The molecule has 6 heteroatoms. The van der Waals surface area contributed by atoms with Crippen LogP contribution in [0.3, 0.4) is 0 Å². The van der Waals surface area contributed by atoms with Crippen LogP contribution in [0.15, 0.2) is 24.3 Å². The van der Waals surface area contributed by atoms with Gasteiger partial charge in [0.15, 0.2) is 6.61 Å². The van der Waals surface area contributed by atoms with Gasteiger partial charge in [0, 0.05) is 12.5 Å². The van der Waals surface area contributed by atoms with Crippen LogP contribution < -0.4 is 5.32 Å². The fraction of sp³-hybridized carbons (Fsp3) is 0.500. The highest BCUT2D eigenvalue weighted by Gasteiger charge is 2.16. The molecular formula is C18H22N2O3S. The predicted octanol–water partition coefficient (Wildman–Crippen LogP) is 3.22. The van der Waals surface area contributed by atoms with E-state index in [2.05, 4.69) is 10.3 Å². The first-order valence-corrected chi connectivity index (χ1v) is 9.32. The molecule has 0 atom stereocenters. The maximum atomic E-state index is 11.8. The van der Waals surface area contributed by atoms with Crippen LogP contribution in [0, 0.1) is 0 Å². The summed E-state index contributed by atoms with van der Waals surface area (Å²) >= 11 is 1.59. The molecule has 0 unspecified atom stereocenters. The summed E-state index contributed by atoms with van der Waals surface area (Å²) in [4.78, 5) is 28.1. The number of nitrogens with one attached hydrogen (secondary N) is 1. The Hall–Kier alpha value is -1.95. The van der Waals surface area contributed by atoms with Crippen LogP contribution in [0.1, 0.15) is 43.5 Å². The number of esters is 1. The minimum atomic E-state index is -0.354. The third-order valence-electron chi connectivity index (χ3n) is 4.22. The first-order chi connectivity index (χ1) is 11.7. The number of para-hydroxylation sites is 1. The molecule has 128 valence electrons. The molecule has 1 aromatic heterocycles. The molecular weight excluding hydrogens is 324 g/mol. The van der Waals surface area contributed by atoms with E-state index in [9.17, 15) is 9.59 Å². The van der Waals surface area contributed by atoms with Crippen molar-refractivity contribution in [2.24, 2.45) is 0 Å². The number of carbonyl (C=O) groups excluding carboxylic acids is 2. The molecule has 1 aromatic carbocycles. The number of aromatic nitrogens is 1. The molecule has 1 aliphatic carbocycles. The molecule has 0 saturated heterocycles. The quantitative estimate of drug-likeness (QED) is 0.816. The van der Waals surface area contributed by atoms with Gasteiger partial charge < -0.3 is 10.1 Å². The molecule has 0 aliphatic heterocycles. The van der Waals surface area contributed by atoms with Crippen molar-refractivity contribution in [3.63, 3.8) is 0 Å². The van der Waals surface area contributed by atoms with Gasteiger partial charge in [0.05, 0.1) is 21.6 Å². The number of rotatable bonds is 6. The molecule has 5 nitrogen and oxygen atoms in total. The summed E-state index contributed by atoms with van der Waals surface area (Å²) in [6, 6.07) is 8.15. The first-order valence-electron chi connectivity index (χ1n) is 8.50. The standard InChI is InChI=1S/C18H22N2O3S/c21-16(19-13-6-2-1-3-7-13)12-23-18(22)11-10-17-20-14-8-4-5-9-15(14)24-17/h4-5,8-9,13H,1-3,6-7,10-12H2,(H,19,21). The van der Waals surface area contributed by atoms with Crippen molar-refractivity contribution in [1.82, 2.24) is 10.3 Å². The molecule has 0 bridgehead atoms. The molecule has 1 amide bonds. The zero-order valence-corrected chi connectivity index (χ0v) is 14.4. The maximum absolute atomic E-state index is 11.8. The van der Waals surface area contributed by atoms with E-state index in [1.165, 1.54) is 6.42 Å². The Morgan fingerprint density at radius 3 is 2.79 bits per heavy atom. The second kappa shape index (κ2) is 8.24. The summed E-state index contributed by atoms with van der Waals surface area (Å²) in [6.45, 7) is -0.185.